The minimum Gasteiger partial charge on any atom is -0.371 e. The van der Waals surface area contributed by atoms with Crippen molar-refractivity contribution in [1.82, 2.24) is 10.2 Å². The molecular formula is C13H28N2O. The third-order valence-electron chi connectivity index (χ3n) is 3.69. The second kappa shape index (κ2) is 5.03. The molecule has 0 aliphatic carbocycles. The van der Waals surface area contributed by atoms with E-state index in [0.29, 0.717) is 6.10 Å². The van der Waals surface area contributed by atoms with E-state index < -0.39 is 0 Å². The molecule has 0 spiro atoms. The standard InChI is InChI=1S/C13H28N2O/c1-12(2,15(5)6)10-14-9-11-7-8-13(3,4)16-11/h11,14H,7-10H2,1-6H3. The SMILES string of the molecule is CN(C)C(C)(C)CNCC1CCC(C)(C)O1. The number of nitrogens with zero attached hydrogens (tertiary/aromatic N) is 1. The molecule has 0 radical (unpaired) electrons. The Morgan fingerprint density at radius 3 is 2.44 bits per heavy atom. The molecule has 0 aromatic heterocycles. The van der Waals surface area contributed by atoms with Crippen molar-refractivity contribution in [2.45, 2.75) is 57.8 Å². The maximum atomic E-state index is 5.95. The van der Waals surface area contributed by atoms with Gasteiger partial charge in [-0.3, -0.25) is 0 Å². The molecule has 0 aromatic rings. The largest absolute Gasteiger partial charge is 0.371 e. The summed E-state index contributed by atoms with van der Waals surface area (Å²) in [4.78, 5) is 2.25. The van der Waals surface area contributed by atoms with Gasteiger partial charge in [0.05, 0.1) is 11.7 Å². The zero-order valence-corrected chi connectivity index (χ0v) is 11.8. The predicted octanol–water partition coefficient (Wildman–Crippen LogP) is 1.87. The Labute approximate surface area is 101 Å². The first-order valence-corrected chi connectivity index (χ1v) is 6.29. The molecule has 0 aromatic carbocycles. The number of nitrogens with one attached hydrogen (secondary N) is 1. The average Bonchev–Trinajstić information content (AvgIpc) is 2.45. The summed E-state index contributed by atoms with van der Waals surface area (Å²) in [5.41, 5.74) is 0.289. The molecular weight excluding hydrogens is 200 g/mol. The Balaban J connectivity index is 2.22. The van der Waals surface area contributed by atoms with Crippen molar-refractivity contribution in [3.63, 3.8) is 0 Å². The molecule has 3 nitrogen and oxygen atoms in total. The van der Waals surface area contributed by atoms with Gasteiger partial charge < -0.3 is 15.0 Å². The topological polar surface area (TPSA) is 24.5 Å². The molecule has 0 saturated carbocycles. The summed E-state index contributed by atoms with van der Waals surface area (Å²) >= 11 is 0. The van der Waals surface area contributed by atoms with Crippen LogP contribution in [0.5, 0.6) is 0 Å². The number of hydrogen-bond donors (Lipinski definition) is 1. The fourth-order valence-electron chi connectivity index (χ4n) is 1.92. The Bertz CT molecular complexity index is 224. The highest BCUT2D eigenvalue weighted by molar-refractivity contribution is 4.84. The second-order valence-electron chi connectivity index (χ2n) is 6.38. The molecule has 3 heteroatoms. The Morgan fingerprint density at radius 2 is 2.00 bits per heavy atom. The van der Waals surface area contributed by atoms with Crippen LogP contribution in [0.1, 0.15) is 40.5 Å². The zero-order valence-electron chi connectivity index (χ0n) is 11.8. The first-order chi connectivity index (χ1) is 7.23. The van der Waals surface area contributed by atoms with E-state index in [4.69, 9.17) is 4.74 Å². The van der Waals surface area contributed by atoms with E-state index in [1.165, 1.54) is 12.8 Å². The molecule has 0 amide bonds. The van der Waals surface area contributed by atoms with Crippen LogP contribution in [0.15, 0.2) is 0 Å². The molecule has 1 saturated heterocycles. The minimum atomic E-state index is 0.0867. The molecule has 0 bridgehead atoms. The van der Waals surface area contributed by atoms with Gasteiger partial charge in [0.15, 0.2) is 0 Å². The number of hydrogen-bond acceptors (Lipinski definition) is 3. The van der Waals surface area contributed by atoms with Gasteiger partial charge in [-0.05, 0) is 54.6 Å². The molecule has 96 valence electrons. The quantitative estimate of drug-likeness (QED) is 0.777. The van der Waals surface area contributed by atoms with E-state index in [2.05, 4.69) is 52.0 Å². The summed E-state index contributed by atoms with van der Waals surface area (Å²) in [6.45, 7) is 10.8. The van der Waals surface area contributed by atoms with Crippen LogP contribution in [0.25, 0.3) is 0 Å². The average molecular weight is 228 g/mol. The summed E-state index contributed by atoms with van der Waals surface area (Å²) in [6.07, 6.45) is 2.76. The molecule has 1 heterocycles. The van der Waals surface area contributed by atoms with Crippen molar-refractivity contribution in [3.8, 4) is 0 Å². The molecule has 16 heavy (non-hydrogen) atoms. The van der Waals surface area contributed by atoms with Crippen LogP contribution in [-0.2, 0) is 4.74 Å². The lowest BCUT2D eigenvalue weighted by Gasteiger charge is -2.33. The predicted molar refractivity (Wildman–Crippen MR) is 68.8 cm³/mol. The highest BCUT2D eigenvalue weighted by atomic mass is 16.5. The molecule has 1 atom stereocenters. The van der Waals surface area contributed by atoms with Gasteiger partial charge in [0.2, 0.25) is 0 Å². The number of ether oxygens (including phenoxy) is 1. The lowest BCUT2D eigenvalue weighted by atomic mass is 10.0. The van der Waals surface area contributed by atoms with Crippen LogP contribution in [0.2, 0.25) is 0 Å². The fraction of sp³-hybridized carbons (Fsp3) is 1.00. The highest BCUT2D eigenvalue weighted by Crippen LogP contribution is 2.28. The third kappa shape index (κ3) is 4.04. The summed E-state index contributed by atoms with van der Waals surface area (Å²) in [7, 11) is 4.24. The molecule has 1 unspecified atom stereocenters. The lowest BCUT2D eigenvalue weighted by Crippen LogP contribution is -2.48. The first-order valence-electron chi connectivity index (χ1n) is 6.29. The monoisotopic (exact) mass is 228 g/mol. The van der Waals surface area contributed by atoms with Gasteiger partial charge in [-0.15, -0.1) is 0 Å². The van der Waals surface area contributed by atoms with Crippen LogP contribution in [0, 0.1) is 0 Å². The van der Waals surface area contributed by atoms with Crippen LogP contribution in [0.3, 0.4) is 0 Å². The van der Waals surface area contributed by atoms with Gasteiger partial charge in [-0.2, -0.15) is 0 Å². The van der Waals surface area contributed by atoms with Gasteiger partial charge in [-0.25, -0.2) is 0 Å². The van der Waals surface area contributed by atoms with E-state index in [-0.39, 0.29) is 11.1 Å². The maximum absolute atomic E-state index is 5.95. The van der Waals surface area contributed by atoms with Gasteiger partial charge in [-0.1, -0.05) is 0 Å². The van der Waals surface area contributed by atoms with Crippen LogP contribution >= 0.6 is 0 Å². The Hall–Kier alpha value is -0.120. The van der Waals surface area contributed by atoms with Crippen LogP contribution < -0.4 is 5.32 Å². The summed E-state index contributed by atoms with van der Waals surface area (Å²) in [5.74, 6) is 0. The molecule has 1 rings (SSSR count). The van der Waals surface area contributed by atoms with E-state index in [9.17, 15) is 0 Å². The molecule has 1 aliphatic rings. The van der Waals surface area contributed by atoms with Crippen molar-refractivity contribution in [2.75, 3.05) is 27.2 Å². The normalized spacial score (nSPS) is 25.3. The van der Waals surface area contributed by atoms with Gasteiger partial charge in [0.1, 0.15) is 0 Å². The van der Waals surface area contributed by atoms with Crippen molar-refractivity contribution >= 4 is 0 Å². The Morgan fingerprint density at radius 1 is 1.38 bits per heavy atom. The molecule has 1 aliphatic heterocycles. The highest BCUT2D eigenvalue weighted by Gasteiger charge is 2.31. The fourth-order valence-corrected chi connectivity index (χ4v) is 1.92. The third-order valence-corrected chi connectivity index (χ3v) is 3.69. The van der Waals surface area contributed by atoms with Crippen molar-refractivity contribution < 1.29 is 4.74 Å². The summed E-state index contributed by atoms with van der Waals surface area (Å²) in [5, 5.41) is 3.52. The smallest absolute Gasteiger partial charge is 0.0707 e. The van der Waals surface area contributed by atoms with Gasteiger partial charge in [0.25, 0.3) is 0 Å². The molecule has 1 N–H and O–H groups in total. The second-order valence-corrected chi connectivity index (χ2v) is 6.38. The number of rotatable bonds is 5. The maximum Gasteiger partial charge on any atom is 0.0707 e. The van der Waals surface area contributed by atoms with E-state index >= 15 is 0 Å². The van der Waals surface area contributed by atoms with E-state index in [1.807, 2.05) is 0 Å². The van der Waals surface area contributed by atoms with Crippen molar-refractivity contribution in [3.05, 3.63) is 0 Å². The zero-order chi connectivity index (χ0) is 12.4. The van der Waals surface area contributed by atoms with Gasteiger partial charge >= 0.3 is 0 Å². The van der Waals surface area contributed by atoms with Crippen LogP contribution in [0.4, 0.5) is 0 Å². The van der Waals surface area contributed by atoms with Gasteiger partial charge in [0, 0.05) is 18.6 Å². The Kier molecular flexibility index (Phi) is 4.38. The van der Waals surface area contributed by atoms with Crippen molar-refractivity contribution in [2.24, 2.45) is 0 Å². The summed E-state index contributed by atoms with van der Waals surface area (Å²) in [6, 6.07) is 0. The lowest BCUT2D eigenvalue weighted by molar-refractivity contribution is -0.0150. The van der Waals surface area contributed by atoms with E-state index in [0.717, 1.165) is 13.1 Å². The summed E-state index contributed by atoms with van der Waals surface area (Å²) < 4.78 is 5.95. The molecule has 1 fully saturated rings. The van der Waals surface area contributed by atoms with Crippen molar-refractivity contribution in [1.29, 1.82) is 0 Å². The number of likely N-dealkylation sites (N-methyl/N-ethyl adjacent to an activating group) is 1. The minimum absolute atomic E-state index is 0.0867. The van der Waals surface area contributed by atoms with Crippen LogP contribution in [-0.4, -0.2) is 49.3 Å². The van der Waals surface area contributed by atoms with E-state index in [1.54, 1.807) is 0 Å². The first kappa shape index (κ1) is 13.9.